The molecular weight excluding hydrogens is 326 g/mol. The molecular formula is C22H35NO3. The summed E-state index contributed by atoms with van der Waals surface area (Å²) in [7, 11) is 0. The summed E-state index contributed by atoms with van der Waals surface area (Å²) in [5.41, 5.74) is 1.30. The standard InChI is InChI=1S/C22H35NO3/c1-3-5-6-7-8-9-17-25-21-14-12-19(13-15-21)20-11-10-16-23(18-20)26-22(24)4-2/h12-15,20H,3-11,16-18H2,1-2H3. The summed E-state index contributed by atoms with van der Waals surface area (Å²) in [4.78, 5) is 16.9. The Hall–Kier alpha value is -1.55. The molecule has 4 nitrogen and oxygen atoms in total. The van der Waals surface area contributed by atoms with Crippen LogP contribution >= 0.6 is 0 Å². The summed E-state index contributed by atoms with van der Waals surface area (Å²) in [6.45, 7) is 6.49. The quantitative estimate of drug-likeness (QED) is 0.490. The molecule has 2 rings (SSSR count). The number of nitrogens with zero attached hydrogens (tertiary/aromatic N) is 1. The smallest absolute Gasteiger partial charge is 0.324 e. The Balaban J connectivity index is 1.71. The van der Waals surface area contributed by atoms with Gasteiger partial charge in [-0.2, -0.15) is 0 Å². The molecule has 1 aliphatic rings. The van der Waals surface area contributed by atoms with Crippen molar-refractivity contribution in [2.45, 2.75) is 77.6 Å². The number of ether oxygens (including phenoxy) is 1. The van der Waals surface area contributed by atoms with E-state index in [1.54, 1.807) is 0 Å². The van der Waals surface area contributed by atoms with Crippen LogP contribution in [0.1, 0.15) is 83.1 Å². The van der Waals surface area contributed by atoms with Crippen LogP contribution in [0.5, 0.6) is 5.75 Å². The van der Waals surface area contributed by atoms with Gasteiger partial charge in [0.05, 0.1) is 6.61 Å². The molecule has 0 saturated carbocycles. The lowest BCUT2D eigenvalue weighted by Gasteiger charge is -2.31. The largest absolute Gasteiger partial charge is 0.494 e. The van der Waals surface area contributed by atoms with Gasteiger partial charge in [-0.25, -0.2) is 0 Å². The molecule has 26 heavy (non-hydrogen) atoms. The van der Waals surface area contributed by atoms with Crippen molar-refractivity contribution in [1.82, 2.24) is 5.06 Å². The Labute approximate surface area is 158 Å². The Morgan fingerprint density at radius 1 is 1.08 bits per heavy atom. The van der Waals surface area contributed by atoms with Crippen molar-refractivity contribution in [3.63, 3.8) is 0 Å². The average molecular weight is 362 g/mol. The zero-order valence-corrected chi connectivity index (χ0v) is 16.5. The Morgan fingerprint density at radius 3 is 2.54 bits per heavy atom. The van der Waals surface area contributed by atoms with E-state index in [4.69, 9.17) is 9.57 Å². The maximum atomic E-state index is 11.5. The highest BCUT2D eigenvalue weighted by molar-refractivity contribution is 5.68. The van der Waals surface area contributed by atoms with Crippen LogP contribution in [0.2, 0.25) is 0 Å². The molecule has 0 radical (unpaired) electrons. The van der Waals surface area contributed by atoms with Gasteiger partial charge in [-0.3, -0.25) is 4.79 Å². The van der Waals surface area contributed by atoms with Crippen molar-refractivity contribution in [2.75, 3.05) is 19.7 Å². The fraction of sp³-hybridized carbons (Fsp3) is 0.682. The maximum absolute atomic E-state index is 11.5. The second kappa shape index (κ2) is 11.9. The predicted octanol–water partition coefficient (Wildman–Crippen LogP) is 5.47. The van der Waals surface area contributed by atoms with Gasteiger partial charge in [0.1, 0.15) is 5.75 Å². The van der Waals surface area contributed by atoms with Crippen molar-refractivity contribution in [3.8, 4) is 5.75 Å². The van der Waals surface area contributed by atoms with E-state index in [-0.39, 0.29) is 5.97 Å². The number of piperidine rings is 1. The topological polar surface area (TPSA) is 38.8 Å². The van der Waals surface area contributed by atoms with E-state index in [9.17, 15) is 4.79 Å². The van der Waals surface area contributed by atoms with Crippen molar-refractivity contribution < 1.29 is 14.4 Å². The van der Waals surface area contributed by atoms with Crippen LogP contribution < -0.4 is 4.74 Å². The summed E-state index contributed by atoms with van der Waals surface area (Å²) in [5.74, 6) is 1.22. The number of rotatable bonds is 11. The van der Waals surface area contributed by atoms with Crippen molar-refractivity contribution in [3.05, 3.63) is 29.8 Å². The molecule has 1 atom stereocenters. The third kappa shape index (κ3) is 7.36. The minimum atomic E-state index is -0.149. The van der Waals surface area contributed by atoms with Gasteiger partial charge in [0.2, 0.25) is 0 Å². The Morgan fingerprint density at radius 2 is 1.81 bits per heavy atom. The van der Waals surface area contributed by atoms with Gasteiger partial charge >= 0.3 is 5.97 Å². The molecule has 0 aliphatic carbocycles. The van der Waals surface area contributed by atoms with Gasteiger partial charge in [-0.15, -0.1) is 5.06 Å². The molecule has 1 heterocycles. The van der Waals surface area contributed by atoms with E-state index in [1.807, 2.05) is 12.0 Å². The highest BCUT2D eigenvalue weighted by Gasteiger charge is 2.23. The zero-order chi connectivity index (χ0) is 18.6. The number of unbranched alkanes of at least 4 members (excludes halogenated alkanes) is 5. The van der Waals surface area contributed by atoms with E-state index in [1.165, 1.54) is 37.7 Å². The van der Waals surface area contributed by atoms with Gasteiger partial charge < -0.3 is 9.57 Å². The lowest BCUT2D eigenvalue weighted by atomic mass is 9.91. The van der Waals surface area contributed by atoms with E-state index >= 15 is 0 Å². The summed E-state index contributed by atoms with van der Waals surface area (Å²) >= 11 is 0. The first kappa shape index (κ1) is 20.8. The molecule has 4 heteroatoms. The maximum Gasteiger partial charge on any atom is 0.324 e. The molecule has 1 fully saturated rings. The number of benzene rings is 1. The van der Waals surface area contributed by atoms with Gasteiger partial charge in [-0.1, -0.05) is 58.1 Å². The Bertz CT molecular complexity index is 515. The van der Waals surface area contributed by atoms with Crippen LogP contribution in [0.25, 0.3) is 0 Å². The first-order valence-corrected chi connectivity index (χ1v) is 10.4. The van der Waals surface area contributed by atoms with E-state index in [0.717, 1.165) is 44.7 Å². The van der Waals surface area contributed by atoms with Crippen LogP contribution in [0.15, 0.2) is 24.3 Å². The first-order chi connectivity index (χ1) is 12.7. The molecule has 1 aromatic carbocycles. The molecule has 1 aromatic rings. The monoisotopic (exact) mass is 361 g/mol. The van der Waals surface area contributed by atoms with Gasteiger partial charge in [0, 0.05) is 19.5 Å². The molecule has 0 aromatic heterocycles. The minimum absolute atomic E-state index is 0.149. The van der Waals surface area contributed by atoms with Crippen molar-refractivity contribution in [1.29, 1.82) is 0 Å². The second-order valence-corrected chi connectivity index (χ2v) is 7.23. The van der Waals surface area contributed by atoms with Crippen LogP contribution in [-0.4, -0.2) is 30.7 Å². The third-order valence-electron chi connectivity index (χ3n) is 5.02. The minimum Gasteiger partial charge on any atom is -0.494 e. The van der Waals surface area contributed by atoms with Gasteiger partial charge in [0.25, 0.3) is 0 Å². The van der Waals surface area contributed by atoms with Gasteiger partial charge in [0.15, 0.2) is 0 Å². The zero-order valence-electron chi connectivity index (χ0n) is 16.5. The highest BCUT2D eigenvalue weighted by atomic mass is 16.7. The second-order valence-electron chi connectivity index (χ2n) is 7.23. The van der Waals surface area contributed by atoms with E-state index in [2.05, 4.69) is 31.2 Å². The summed E-state index contributed by atoms with van der Waals surface area (Å²) in [6, 6.07) is 8.46. The van der Waals surface area contributed by atoms with E-state index < -0.39 is 0 Å². The summed E-state index contributed by atoms with van der Waals surface area (Å²) < 4.78 is 5.86. The molecule has 0 bridgehead atoms. The van der Waals surface area contributed by atoms with Crippen LogP contribution in [0, 0.1) is 0 Å². The fourth-order valence-corrected chi connectivity index (χ4v) is 3.41. The molecule has 1 unspecified atom stereocenters. The SMILES string of the molecule is CCCCCCCCOc1ccc(C2CCCN(OC(=O)CC)C2)cc1. The van der Waals surface area contributed by atoms with Crippen molar-refractivity contribution >= 4 is 5.97 Å². The lowest BCUT2D eigenvalue weighted by Crippen LogP contribution is -2.36. The molecule has 1 saturated heterocycles. The molecule has 0 amide bonds. The van der Waals surface area contributed by atoms with Gasteiger partial charge in [-0.05, 0) is 42.9 Å². The van der Waals surface area contributed by atoms with Crippen LogP contribution in [0.3, 0.4) is 0 Å². The highest BCUT2D eigenvalue weighted by Crippen LogP contribution is 2.28. The lowest BCUT2D eigenvalue weighted by molar-refractivity contribution is -0.195. The van der Waals surface area contributed by atoms with E-state index in [0.29, 0.717) is 12.3 Å². The number of hydroxylamine groups is 2. The van der Waals surface area contributed by atoms with Crippen LogP contribution in [-0.2, 0) is 9.63 Å². The summed E-state index contributed by atoms with van der Waals surface area (Å²) in [5, 5.41) is 1.82. The van der Waals surface area contributed by atoms with Crippen LogP contribution in [0.4, 0.5) is 0 Å². The molecule has 146 valence electrons. The van der Waals surface area contributed by atoms with Crippen molar-refractivity contribution in [2.24, 2.45) is 0 Å². The number of carbonyl (C=O) groups is 1. The molecule has 0 spiro atoms. The number of carbonyl (C=O) groups excluding carboxylic acids is 1. The molecule has 1 aliphatic heterocycles. The Kier molecular flexibility index (Phi) is 9.54. The summed E-state index contributed by atoms with van der Waals surface area (Å²) in [6.07, 6.45) is 10.3. The third-order valence-corrected chi connectivity index (χ3v) is 5.02. The fourth-order valence-electron chi connectivity index (χ4n) is 3.41. The normalized spacial score (nSPS) is 17.8. The average Bonchev–Trinajstić information content (AvgIpc) is 2.68. The predicted molar refractivity (Wildman–Crippen MR) is 105 cm³/mol. The molecule has 0 N–H and O–H groups in total. The first-order valence-electron chi connectivity index (χ1n) is 10.4. The number of hydrogen-bond donors (Lipinski definition) is 0. The number of hydrogen-bond acceptors (Lipinski definition) is 4.